The number of benzene rings is 2. The Balaban J connectivity index is 2.00. The van der Waals surface area contributed by atoms with Gasteiger partial charge in [-0.15, -0.1) is 11.3 Å². The Morgan fingerprint density at radius 1 is 1.05 bits per heavy atom. The molecule has 0 unspecified atom stereocenters. The van der Waals surface area contributed by atoms with Crippen LogP contribution >= 0.6 is 11.3 Å². The van der Waals surface area contributed by atoms with E-state index in [0.717, 1.165) is 15.6 Å². The highest BCUT2D eigenvalue weighted by Gasteiger charge is 2.11. The lowest BCUT2D eigenvalue weighted by molar-refractivity contribution is 0.0532. The largest absolute Gasteiger partial charge is 0.462 e. The van der Waals surface area contributed by atoms with Gasteiger partial charge in [0.1, 0.15) is 4.88 Å². The molecule has 0 fully saturated rings. The van der Waals surface area contributed by atoms with Gasteiger partial charge in [-0.1, -0.05) is 35.9 Å². The molecule has 0 saturated carbocycles. The van der Waals surface area contributed by atoms with Crippen LogP contribution in [-0.2, 0) is 4.74 Å². The fourth-order valence-electron chi connectivity index (χ4n) is 2.27. The van der Waals surface area contributed by atoms with Gasteiger partial charge in [-0.25, -0.2) is 4.79 Å². The standard InChI is InChI=1S/C18H16O2S/c1-3-20-18(19)17-11-15-10-14(8-9-16(15)21-17)13-6-4-12(2)5-7-13/h4-11H,3H2,1-2H3. The molecule has 0 amide bonds. The van der Waals surface area contributed by atoms with Crippen LogP contribution in [0.25, 0.3) is 21.2 Å². The third-order valence-corrected chi connectivity index (χ3v) is 4.47. The minimum atomic E-state index is -0.240. The Morgan fingerprint density at radius 3 is 2.48 bits per heavy atom. The topological polar surface area (TPSA) is 26.3 Å². The zero-order chi connectivity index (χ0) is 14.8. The second-order valence-electron chi connectivity index (χ2n) is 4.95. The van der Waals surface area contributed by atoms with Crippen LogP contribution in [0.3, 0.4) is 0 Å². The van der Waals surface area contributed by atoms with Crippen molar-refractivity contribution in [2.24, 2.45) is 0 Å². The van der Waals surface area contributed by atoms with E-state index in [1.807, 2.05) is 13.0 Å². The fraction of sp³-hybridized carbons (Fsp3) is 0.167. The first kappa shape index (κ1) is 13.8. The van der Waals surface area contributed by atoms with Gasteiger partial charge in [0, 0.05) is 4.70 Å². The van der Waals surface area contributed by atoms with Crippen LogP contribution in [0.5, 0.6) is 0 Å². The van der Waals surface area contributed by atoms with Crippen LogP contribution in [0.2, 0.25) is 0 Å². The second kappa shape index (κ2) is 5.70. The number of fused-ring (bicyclic) bond motifs is 1. The van der Waals surface area contributed by atoms with E-state index in [9.17, 15) is 4.79 Å². The van der Waals surface area contributed by atoms with Crippen LogP contribution in [0.15, 0.2) is 48.5 Å². The molecule has 2 aromatic carbocycles. The minimum Gasteiger partial charge on any atom is -0.462 e. The average molecular weight is 296 g/mol. The number of ether oxygens (including phenoxy) is 1. The van der Waals surface area contributed by atoms with Gasteiger partial charge >= 0.3 is 5.97 Å². The molecule has 21 heavy (non-hydrogen) atoms. The smallest absolute Gasteiger partial charge is 0.348 e. The summed E-state index contributed by atoms with van der Waals surface area (Å²) in [7, 11) is 0. The molecule has 0 radical (unpaired) electrons. The van der Waals surface area contributed by atoms with E-state index >= 15 is 0 Å². The maximum Gasteiger partial charge on any atom is 0.348 e. The molecule has 3 heteroatoms. The highest BCUT2D eigenvalue weighted by molar-refractivity contribution is 7.20. The number of esters is 1. The van der Waals surface area contributed by atoms with Crippen molar-refractivity contribution >= 4 is 27.4 Å². The molecule has 0 atom stereocenters. The van der Waals surface area contributed by atoms with Gasteiger partial charge in [-0.2, -0.15) is 0 Å². The number of thiophene rings is 1. The summed E-state index contributed by atoms with van der Waals surface area (Å²) in [4.78, 5) is 12.5. The average Bonchev–Trinajstić information content (AvgIpc) is 2.91. The lowest BCUT2D eigenvalue weighted by atomic mass is 10.0. The summed E-state index contributed by atoms with van der Waals surface area (Å²) in [6.45, 7) is 4.31. The van der Waals surface area contributed by atoms with Crippen molar-refractivity contribution in [2.75, 3.05) is 6.61 Å². The first-order valence-electron chi connectivity index (χ1n) is 6.95. The maximum atomic E-state index is 11.8. The van der Waals surface area contributed by atoms with Crippen molar-refractivity contribution in [2.45, 2.75) is 13.8 Å². The molecule has 2 nitrogen and oxygen atoms in total. The van der Waals surface area contributed by atoms with Gasteiger partial charge in [0.25, 0.3) is 0 Å². The number of aryl methyl sites for hydroxylation is 1. The fourth-order valence-corrected chi connectivity index (χ4v) is 3.21. The zero-order valence-electron chi connectivity index (χ0n) is 12.1. The van der Waals surface area contributed by atoms with E-state index in [1.54, 1.807) is 0 Å². The SMILES string of the molecule is CCOC(=O)c1cc2cc(-c3ccc(C)cc3)ccc2s1. The summed E-state index contributed by atoms with van der Waals surface area (Å²) >= 11 is 1.48. The molecular formula is C18H16O2S. The van der Waals surface area contributed by atoms with E-state index in [-0.39, 0.29) is 5.97 Å². The number of carbonyl (C=O) groups is 1. The molecule has 0 aliphatic carbocycles. The van der Waals surface area contributed by atoms with E-state index in [2.05, 4.69) is 49.4 Å². The van der Waals surface area contributed by atoms with Gasteiger partial charge in [-0.3, -0.25) is 0 Å². The third kappa shape index (κ3) is 2.83. The summed E-state index contributed by atoms with van der Waals surface area (Å²) in [5.41, 5.74) is 3.60. The Hall–Kier alpha value is -2.13. The monoisotopic (exact) mass is 296 g/mol. The van der Waals surface area contributed by atoms with Crippen molar-refractivity contribution in [1.29, 1.82) is 0 Å². The molecule has 106 valence electrons. The maximum absolute atomic E-state index is 11.8. The van der Waals surface area contributed by atoms with Crippen LogP contribution < -0.4 is 0 Å². The predicted molar refractivity (Wildman–Crippen MR) is 88.0 cm³/mol. The van der Waals surface area contributed by atoms with E-state index in [0.29, 0.717) is 11.5 Å². The van der Waals surface area contributed by atoms with Crippen LogP contribution in [0.4, 0.5) is 0 Å². The molecule has 1 aromatic heterocycles. The van der Waals surface area contributed by atoms with Gasteiger partial charge in [0.05, 0.1) is 6.61 Å². The normalized spacial score (nSPS) is 10.8. The predicted octanol–water partition coefficient (Wildman–Crippen LogP) is 5.05. The van der Waals surface area contributed by atoms with Gasteiger partial charge in [0.15, 0.2) is 0 Å². The Kier molecular flexibility index (Phi) is 3.76. The zero-order valence-corrected chi connectivity index (χ0v) is 12.9. The van der Waals surface area contributed by atoms with Crippen LogP contribution in [0.1, 0.15) is 22.2 Å². The number of hydrogen-bond donors (Lipinski definition) is 0. The summed E-state index contributed by atoms with van der Waals surface area (Å²) < 4.78 is 6.16. The van der Waals surface area contributed by atoms with Crippen molar-refractivity contribution in [3.05, 3.63) is 59.0 Å². The Morgan fingerprint density at radius 2 is 1.76 bits per heavy atom. The summed E-state index contributed by atoms with van der Waals surface area (Å²) in [6, 6.07) is 16.7. The number of carbonyl (C=O) groups excluding carboxylic acids is 1. The molecule has 3 aromatic rings. The molecule has 3 rings (SSSR count). The van der Waals surface area contributed by atoms with E-state index < -0.39 is 0 Å². The summed E-state index contributed by atoms with van der Waals surface area (Å²) in [6.07, 6.45) is 0. The van der Waals surface area contributed by atoms with Crippen molar-refractivity contribution in [3.8, 4) is 11.1 Å². The first-order valence-corrected chi connectivity index (χ1v) is 7.77. The summed E-state index contributed by atoms with van der Waals surface area (Å²) in [5, 5.41) is 1.08. The van der Waals surface area contributed by atoms with Gasteiger partial charge in [-0.05, 0) is 48.6 Å². The second-order valence-corrected chi connectivity index (χ2v) is 6.03. The Bertz CT molecular complexity index is 785. The van der Waals surface area contributed by atoms with E-state index in [1.165, 1.54) is 22.5 Å². The van der Waals surface area contributed by atoms with Crippen molar-refractivity contribution in [1.82, 2.24) is 0 Å². The van der Waals surface area contributed by atoms with Crippen molar-refractivity contribution in [3.63, 3.8) is 0 Å². The van der Waals surface area contributed by atoms with Gasteiger partial charge < -0.3 is 4.74 Å². The van der Waals surface area contributed by atoms with Crippen molar-refractivity contribution < 1.29 is 9.53 Å². The minimum absolute atomic E-state index is 0.240. The molecule has 0 saturated heterocycles. The third-order valence-electron chi connectivity index (χ3n) is 3.38. The van der Waals surface area contributed by atoms with Crippen LogP contribution in [-0.4, -0.2) is 12.6 Å². The van der Waals surface area contributed by atoms with Gasteiger partial charge in [0.2, 0.25) is 0 Å². The molecule has 1 heterocycles. The highest BCUT2D eigenvalue weighted by Crippen LogP contribution is 2.30. The number of rotatable bonds is 3. The quantitative estimate of drug-likeness (QED) is 0.632. The molecular weight excluding hydrogens is 280 g/mol. The first-order chi connectivity index (χ1) is 10.2. The summed E-state index contributed by atoms with van der Waals surface area (Å²) in [5.74, 6) is -0.240. The molecule has 0 aliphatic heterocycles. The lowest BCUT2D eigenvalue weighted by Crippen LogP contribution is -2.01. The van der Waals surface area contributed by atoms with E-state index in [4.69, 9.17) is 4.74 Å². The Labute approximate surface area is 128 Å². The number of hydrogen-bond acceptors (Lipinski definition) is 3. The lowest BCUT2D eigenvalue weighted by Gasteiger charge is -2.02. The molecule has 0 spiro atoms. The molecule has 0 bridgehead atoms. The molecule has 0 aliphatic rings. The highest BCUT2D eigenvalue weighted by atomic mass is 32.1. The molecule has 0 N–H and O–H groups in total. The van der Waals surface area contributed by atoms with Crippen LogP contribution in [0, 0.1) is 6.92 Å².